The highest BCUT2D eigenvalue weighted by atomic mass is 32.2. The van der Waals surface area contributed by atoms with Gasteiger partial charge in [-0.15, -0.1) is 22.7 Å². The molecule has 0 saturated carbocycles. The summed E-state index contributed by atoms with van der Waals surface area (Å²) in [6, 6.07) is 13.3. The molecule has 1 aliphatic heterocycles. The van der Waals surface area contributed by atoms with Gasteiger partial charge in [0.25, 0.3) is 5.91 Å². The zero-order valence-electron chi connectivity index (χ0n) is 24.5. The van der Waals surface area contributed by atoms with E-state index in [9.17, 15) is 23.1 Å². The van der Waals surface area contributed by atoms with E-state index in [4.69, 9.17) is 4.74 Å². The van der Waals surface area contributed by atoms with Gasteiger partial charge >= 0.3 is 6.09 Å². The Balaban J connectivity index is 1.33. The average molecular weight is 658 g/mol. The lowest BCUT2D eigenvalue weighted by atomic mass is 10.0. The van der Waals surface area contributed by atoms with Crippen molar-refractivity contribution in [3.05, 3.63) is 75.7 Å². The third-order valence-corrected chi connectivity index (χ3v) is 10.9. The number of hydrogen-bond donors (Lipinski definition) is 2. The monoisotopic (exact) mass is 657 g/mol. The zero-order chi connectivity index (χ0) is 31.3. The number of carbonyl (C=O) groups is 2. The van der Waals surface area contributed by atoms with Crippen molar-refractivity contribution in [3.8, 4) is 0 Å². The van der Waals surface area contributed by atoms with Crippen LogP contribution in [0.5, 0.6) is 0 Å². The van der Waals surface area contributed by atoms with Gasteiger partial charge in [0, 0.05) is 18.5 Å². The molecule has 0 spiro atoms. The molecule has 1 saturated heterocycles. The van der Waals surface area contributed by atoms with Gasteiger partial charge in [0.05, 0.1) is 56.6 Å². The molecule has 5 rings (SSSR count). The Bertz CT molecular complexity index is 1690. The number of ether oxygens (including phenoxy) is 1. The van der Waals surface area contributed by atoms with E-state index in [1.165, 1.54) is 37.9 Å². The number of aliphatic hydroxyl groups is 1. The SMILES string of the molecule is CCCCN(C[C@@H](O)C(Cc1ccccc1)NC(=O)[C@@H]1CN(Cc2csc(C)n2)C(=O)O1)S(=O)(=O)c1ccc2ncsc2c1. The number of cyclic esters (lactones) is 1. The first-order chi connectivity index (χ1) is 21.1. The Morgan fingerprint density at radius 3 is 2.75 bits per heavy atom. The van der Waals surface area contributed by atoms with Crippen molar-refractivity contribution < 1.29 is 27.9 Å². The van der Waals surface area contributed by atoms with Crippen molar-refractivity contribution in [2.45, 2.75) is 62.8 Å². The number of aromatic nitrogens is 2. The number of amides is 2. The van der Waals surface area contributed by atoms with Crippen LogP contribution >= 0.6 is 22.7 Å². The van der Waals surface area contributed by atoms with Crippen LogP contribution in [0.25, 0.3) is 10.2 Å². The van der Waals surface area contributed by atoms with Crippen molar-refractivity contribution in [2.24, 2.45) is 0 Å². The van der Waals surface area contributed by atoms with Crippen molar-refractivity contribution in [1.29, 1.82) is 0 Å². The lowest BCUT2D eigenvalue weighted by Crippen LogP contribution is -2.53. The smallest absolute Gasteiger partial charge is 0.411 e. The fourth-order valence-corrected chi connectivity index (χ4v) is 7.92. The maximum atomic E-state index is 13.8. The summed E-state index contributed by atoms with van der Waals surface area (Å²) >= 11 is 2.83. The maximum Gasteiger partial charge on any atom is 0.411 e. The second kappa shape index (κ2) is 14.1. The predicted molar refractivity (Wildman–Crippen MR) is 169 cm³/mol. The molecular weight excluding hydrogens is 623 g/mol. The van der Waals surface area contributed by atoms with Crippen LogP contribution in [0.1, 0.15) is 36.0 Å². The van der Waals surface area contributed by atoms with Gasteiger partial charge in [-0.3, -0.25) is 9.69 Å². The van der Waals surface area contributed by atoms with Crippen molar-refractivity contribution in [2.75, 3.05) is 19.6 Å². The Kier molecular flexibility index (Phi) is 10.3. The molecule has 0 aliphatic carbocycles. The number of hydrogen-bond acceptors (Lipinski definition) is 10. The van der Waals surface area contributed by atoms with E-state index in [0.717, 1.165) is 21.7 Å². The number of fused-ring (bicyclic) bond motifs is 1. The lowest BCUT2D eigenvalue weighted by molar-refractivity contribution is -0.129. The van der Waals surface area contributed by atoms with Crippen LogP contribution < -0.4 is 5.32 Å². The van der Waals surface area contributed by atoms with E-state index < -0.39 is 40.3 Å². The zero-order valence-corrected chi connectivity index (χ0v) is 26.9. The predicted octanol–water partition coefficient (Wildman–Crippen LogP) is 3.96. The van der Waals surface area contributed by atoms with Crippen LogP contribution in [0.15, 0.2) is 64.3 Å². The molecular formula is C30H35N5O6S3. The molecule has 44 heavy (non-hydrogen) atoms. The normalized spacial score (nSPS) is 16.8. The largest absolute Gasteiger partial charge is 0.434 e. The van der Waals surface area contributed by atoms with Crippen LogP contribution in [0.4, 0.5) is 4.79 Å². The molecule has 1 unspecified atom stereocenters. The van der Waals surface area contributed by atoms with Crippen LogP contribution in [0, 0.1) is 6.92 Å². The third-order valence-electron chi connectivity index (χ3n) is 7.38. The maximum absolute atomic E-state index is 13.8. The van der Waals surface area contributed by atoms with Gasteiger partial charge in [0.15, 0.2) is 6.10 Å². The molecule has 1 aliphatic rings. The third kappa shape index (κ3) is 7.61. The quantitative estimate of drug-likeness (QED) is 0.208. The molecule has 0 radical (unpaired) electrons. The highest BCUT2D eigenvalue weighted by molar-refractivity contribution is 7.89. The molecule has 2 N–H and O–H groups in total. The Labute approximate surface area is 264 Å². The molecule has 3 heterocycles. The van der Waals surface area contributed by atoms with Gasteiger partial charge in [-0.25, -0.2) is 23.2 Å². The number of aryl methyl sites for hydroxylation is 1. The van der Waals surface area contributed by atoms with E-state index >= 15 is 0 Å². The summed E-state index contributed by atoms with van der Waals surface area (Å²) in [6.45, 7) is 4.06. The van der Waals surface area contributed by atoms with Gasteiger partial charge in [0.1, 0.15) is 0 Å². The van der Waals surface area contributed by atoms with Crippen LogP contribution in [-0.2, 0) is 32.5 Å². The van der Waals surface area contributed by atoms with Gasteiger partial charge in [-0.2, -0.15) is 4.31 Å². The molecule has 0 bridgehead atoms. The summed E-state index contributed by atoms with van der Waals surface area (Å²) in [6.07, 6.45) is -1.38. The highest BCUT2D eigenvalue weighted by Crippen LogP contribution is 2.25. The number of carbonyl (C=O) groups excluding carboxylic acids is 2. The number of aliphatic hydroxyl groups excluding tert-OH is 1. The molecule has 2 amide bonds. The number of sulfonamides is 1. The van der Waals surface area contributed by atoms with E-state index in [2.05, 4.69) is 15.3 Å². The number of rotatable bonds is 14. The topological polar surface area (TPSA) is 142 Å². The molecule has 1 fully saturated rings. The molecule has 2 aromatic heterocycles. The van der Waals surface area contributed by atoms with E-state index in [1.807, 2.05) is 49.6 Å². The second-order valence-electron chi connectivity index (χ2n) is 10.7. The van der Waals surface area contributed by atoms with Gasteiger partial charge in [-0.1, -0.05) is 43.7 Å². The van der Waals surface area contributed by atoms with Crippen molar-refractivity contribution in [3.63, 3.8) is 0 Å². The number of nitrogens with zero attached hydrogens (tertiary/aromatic N) is 4. The number of nitrogens with one attached hydrogen (secondary N) is 1. The molecule has 11 nitrogen and oxygen atoms in total. The Morgan fingerprint density at radius 2 is 2.02 bits per heavy atom. The molecule has 4 aromatic rings. The fourth-order valence-electron chi connectivity index (χ4n) is 5.00. The Hall–Kier alpha value is -3.43. The van der Waals surface area contributed by atoms with Crippen LogP contribution in [0.2, 0.25) is 0 Å². The molecule has 2 aromatic carbocycles. The van der Waals surface area contributed by atoms with E-state index in [-0.39, 0.29) is 37.5 Å². The van der Waals surface area contributed by atoms with Crippen LogP contribution in [-0.4, -0.2) is 82.6 Å². The van der Waals surface area contributed by atoms with E-state index in [0.29, 0.717) is 17.6 Å². The number of benzene rings is 2. The lowest BCUT2D eigenvalue weighted by Gasteiger charge is -2.30. The molecule has 234 valence electrons. The summed E-state index contributed by atoms with van der Waals surface area (Å²) < 4.78 is 35.0. The van der Waals surface area contributed by atoms with E-state index in [1.54, 1.807) is 17.6 Å². The van der Waals surface area contributed by atoms with Crippen molar-refractivity contribution in [1.82, 2.24) is 24.5 Å². The minimum Gasteiger partial charge on any atom is -0.434 e. The summed E-state index contributed by atoms with van der Waals surface area (Å²) in [7, 11) is -3.97. The molecule has 3 atom stereocenters. The van der Waals surface area contributed by atoms with Gasteiger partial charge in [-0.05, 0) is 43.5 Å². The fraction of sp³-hybridized carbons (Fsp3) is 0.400. The first kappa shape index (κ1) is 32.0. The molecule has 14 heteroatoms. The first-order valence-corrected chi connectivity index (χ1v) is 17.6. The van der Waals surface area contributed by atoms with Gasteiger partial charge in [0.2, 0.25) is 10.0 Å². The minimum atomic E-state index is -3.97. The standard InChI is InChI=1S/C30H35N5O6S3/c1-3-4-12-35(44(39,40)23-10-11-24-28(14-23)43-19-31-24)16-26(36)25(13-21-8-6-5-7-9-21)33-29(37)27-17-34(30(38)41-27)15-22-18-42-20(2)32-22/h5-11,14,18-19,25-27,36H,3-4,12-13,15-17H2,1-2H3,(H,33,37)/t25?,26-,27+/m1/s1. The van der Waals surface area contributed by atoms with Crippen molar-refractivity contribution >= 4 is 54.9 Å². The Morgan fingerprint density at radius 1 is 1.23 bits per heavy atom. The number of thiazole rings is 2. The summed E-state index contributed by atoms with van der Waals surface area (Å²) in [5.74, 6) is -0.561. The second-order valence-corrected chi connectivity index (χ2v) is 14.6. The summed E-state index contributed by atoms with van der Waals surface area (Å²) in [5, 5.41) is 17.1. The number of unbranched alkanes of at least 4 members (excludes halogenated alkanes) is 1. The summed E-state index contributed by atoms with van der Waals surface area (Å²) in [4.78, 5) is 36.1. The first-order valence-electron chi connectivity index (χ1n) is 14.4. The highest BCUT2D eigenvalue weighted by Gasteiger charge is 2.38. The van der Waals surface area contributed by atoms with Crippen LogP contribution in [0.3, 0.4) is 0 Å². The van der Waals surface area contributed by atoms with Gasteiger partial charge < -0.3 is 15.2 Å². The average Bonchev–Trinajstić information content (AvgIpc) is 3.75. The summed E-state index contributed by atoms with van der Waals surface area (Å²) in [5.41, 5.74) is 3.94. The minimum absolute atomic E-state index is 0.0342.